The Labute approximate surface area is 99.4 Å². The molecule has 0 saturated heterocycles. The van der Waals surface area contributed by atoms with Gasteiger partial charge in [-0.2, -0.15) is 0 Å². The highest BCUT2D eigenvalue weighted by molar-refractivity contribution is 6.29. The van der Waals surface area contributed by atoms with Crippen LogP contribution in [0.1, 0.15) is 13.3 Å². The van der Waals surface area contributed by atoms with E-state index in [-0.39, 0.29) is 12.5 Å². The molecule has 0 atom stereocenters. The Bertz CT molecular complexity index is 370. The summed E-state index contributed by atoms with van der Waals surface area (Å²) in [5.74, 6) is 0.335. The van der Waals surface area contributed by atoms with E-state index in [1.807, 2.05) is 6.92 Å². The first-order chi connectivity index (χ1) is 7.63. The first kappa shape index (κ1) is 12.6. The molecule has 1 aromatic rings. The van der Waals surface area contributed by atoms with Gasteiger partial charge in [0.25, 0.3) is 0 Å². The first-order valence-corrected chi connectivity index (χ1v) is 5.44. The molecule has 1 heterocycles. The highest BCUT2D eigenvalue weighted by atomic mass is 35.5. The van der Waals surface area contributed by atoms with Crippen LogP contribution in [-0.2, 0) is 4.79 Å². The number of nitrogen functional groups attached to an aromatic ring is 1. The van der Waals surface area contributed by atoms with Crippen molar-refractivity contribution in [3.8, 4) is 0 Å². The zero-order chi connectivity index (χ0) is 12.0. The number of carbonyl (C=O) groups is 1. The number of hydrogen-bond acceptors (Lipinski definition) is 4. The maximum absolute atomic E-state index is 11.3. The summed E-state index contributed by atoms with van der Waals surface area (Å²) in [6.45, 7) is 2.79. The van der Waals surface area contributed by atoms with Crippen LogP contribution in [0.5, 0.6) is 0 Å². The standard InChI is InChI=1S/C10H15ClN4O/c1-2-5-13-9(16)6-14-10-7(12)3-4-8(11)15-10/h3-4H,2,5-6,12H2,1H3,(H,13,16)(H,14,15). The van der Waals surface area contributed by atoms with E-state index in [9.17, 15) is 4.79 Å². The van der Waals surface area contributed by atoms with Crippen LogP contribution in [0.2, 0.25) is 5.15 Å². The Morgan fingerprint density at radius 1 is 1.56 bits per heavy atom. The van der Waals surface area contributed by atoms with Crippen LogP contribution in [0, 0.1) is 0 Å². The molecule has 0 spiro atoms. The van der Waals surface area contributed by atoms with Crippen LogP contribution in [0.4, 0.5) is 11.5 Å². The molecule has 4 N–H and O–H groups in total. The third kappa shape index (κ3) is 3.94. The maximum atomic E-state index is 11.3. The zero-order valence-electron chi connectivity index (χ0n) is 9.09. The van der Waals surface area contributed by atoms with Gasteiger partial charge in [0, 0.05) is 6.54 Å². The largest absolute Gasteiger partial charge is 0.396 e. The van der Waals surface area contributed by atoms with Crippen molar-refractivity contribution in [3.05, 3.63) is 17.3 Å². The molecule has 0 aliphatic rings. The number of anilines is 2. The Balaban J connectivity index is 2.47. The second kappa shape index (κ2) is 6.17. The Hall–Kier alpha value is -1.49. The summed E-state index contributed by atoms with van der Waals surface area (Å²) in [6, 6.07) is 3.24. The van der Waals surface area contributed by atoms with Gasteiger partial charge < -0.3 is 16.4 Å². The Kier molecular flexibility index (Phi) is 4.85. The fourth-order valence-electron chi connectivity index (χ4n) is 1.08. The molecule has 0 radical (unpaired) electrons. The fourth-order valence-corrected chi connectivity index (χ4v) is 1.23. The number of carbonyl (C=O) groups excluding carboxylic acids is 1. The molecule has 0 saturated carbocycles. The minimum absolute atomic E-state index is 0.0944. The molecule has 16 heavy (non-hydrogen) atoms. The molecule has 1 aromatic heterocycles. The van der Waals surface area contributed by atoms with Crippen LogP contribution >= 0.6 is 11.6 Å². The van der Waals surface area contributed by atoms with Crippen LogP contribution in [-0.4, -0.2) is 24.0 Å². The normalized spacial score (nSPS) is 9.88. The number of nitrogens with two attached hydrogens (primary N) is 1. The summed E-state index contributed by atoms with van der Waals surface area (Å²) < 4.78 is 0. The van der Waals surface area contributed by atoms with Gasteiger partial charge in [0.15, 0.2) is 5.82 Å². The topological polar surface area (TPSA) is 80.0 Å². The third-order valence-electron chi connectivity index (χ3n) is 1.88. The number of aromatic nitrogens is 1. The SMILES string of the molecule is CCCNC(=O)CNc1nc(Cl)ccc1N. The Morgan fingerprint density at radius 3 is 3.00 bits per heavy atom. The second-order valence-electron chi connectivity index (χ2n) is 3.28. The zero-order valence-corrected chi connectivity index (χ0v) is 9.84. The van der Waals surface area contributed by atoms with Gasteiger partial charge in [-0.15, -0.1) is 0 Å². The number of halogens is 1. The lowest BCUT2D eigenvalue weighted by Crippen LogP contribution is -2.30. The highest BCUT2D eigenvalue weighted by Crippen LogP contribution is 2.17. The summed E-state index contributed by atoms with van der Waals surface area (Å²) in [6.07, 6.45) is 0.906. The smallest absolute Gasteiger partial charge is 0.239 e. The van der Waals surface area contributed by atoms with Gasteiger partial charge >= 0.3 is 0 Å². The van der Waals surface area contributed by atoms with Gasteiger partial charge in [-0.25, -0.2) is 4.98 Å². The van der Waals surface area contributed by atoms with E-state index in [1.165, 1.54) is 0 Å². The van der Waals surface area contributed by atoms with E-state index in [0.29, 0.717) is 23.2 Å². The van der Waals surface area contributed by atoms with E-state index >= 15 is 0 Å². The molecule has 0 bridgehead atoms. The third-order valence-corrected chi connectivity index (χ3v) is 2.09. The van der Waals surface area contributed by atoms with Crippen molar-refractivity contribution in [3.63, 3.8) is 0 Å². The molecule has 88 valence electrons. The molecule has 6 heteroatoms. The van der Waals surface area contributed by atoms with Gasteiger partial charge in [-0.05, 0) is 18.6 Å². The van der Waals surface area contributed by atoms with E-state index < -0.39 is 0 Å². The van der Waals surface area contributed by atoms with Crippen molar-refractivity contribution in [2.45, 2.75) is 13.3 Å². The molecular weight excluding hydrogens is 228 g/mol. The van der Waals surface area contributed by atoms with E-state index in [4.69, 9.17) is 17.3 Å². The van der Waals surface area contributed by atoms with Crippen LogP contribution < -0.4 is 16.4 Å². The van der Waals surface area contributed by atoms with Crippen LogP contribution in [0.15, 0.2) is 12.1 Å². The molecule has 1 rings (SSSR count). The second-order valence-corrected chi connectivity index (χ2v) is 3.66. The number of rotatable bonds is 5. The average Bonchev–Trinajstić information content (AvgIpc) is 2.27. The lowest BCUT2D eigenvalue weighted by molar-refractivity contribution is -0.119. The highest BCUT2D eigenvalue weighted by Gasteiger charge is 2.04. The molecule has 0 fully saturated rings. The molecule has 0 unspecified atom stereocenters. The predicted octanol–water partition coefficient (Wildman–Crippen LogP) is 1.26. The van der Waals surface area contributed by atoms with Gasteiger partial charge in [-0.3, -0.25) is 4.79 Å². The van der Waals surface area contributed by atoms with E-state index in [2.05, 4.69) is 15.6 Å². The minimum atomic E-state index is -0.0944. The number of nitrogens with one attached hydrogen (secondary N) is 2. The summed E-state index contributed by atoms with van der Waals surface area (Å²) in [5, 5.41) is 5.90. The summed E-state index contributed by atoms with van der Waals surface area (Å²) in [4.78, 5) is 15.3. The van der Waals surface area contributed by atoms with Crippen LogP contribution in [0.25, 0.3) is 0 Å². The molecule has 0 aliphatic carbocycles. The van der Waals surface area contributed by atoms with Crippen LogP contribution in [0.3, 0.4) is 0 Å². The summed E-state index contributed by atoms with van der Waals surface area (Å²) in [5.41, 5.74) is 6.13. The minimum Gasteiger partial charge on any atom is -0.396 e. The Morgan fingerprint density at radius 2 is 2.31 bits per heavy atom. The quantitative estimate of drug-likeness (QED) is 0.679. The number of hydrogen-bond donors (Lipinski definition) is 3. The number of pyridine rings is 1. The lowest BCUT2D eigenvalue weighted by Gasteiger charge is -2.08. The summed E-state index contributed by atoms with van der Waals surface area (Å²) in [7, 11) is 0. The first-order valence-electron chi connectivity index (χ1n) is 5.06. The van der Waals surface area contributed by atoms with Crippen molar-refractivity contribution < 1.29 is 4.79 Å². The maximum Gasteiger partial charge on any atom is 0.239 e. The molecule has 0 aliphatic heterocycles. The predicted molar refractivity (Wildman–Crippen MR) is 65.4 cm³/mol. The number of nitrogens with zero attached hydrogens (tertiary/aromatic N) is 1. The molecular formula is C10H15ClN4O. The van der Waals surface area contributed by atoms with Gasteiger partial charge in [0.1, 0.15) is 5.15 Å². The number of amides is 1. The molecule has 5 nitrogen and oxygen atoms in total. The fraction of sp³-hybridized carbons (Fsp3) is 0.400. The molecule has 0 aromatic carbocycles. The van der Waals surface area contributed by atoms with E-state index in [1.54, 1.807) is 12.1 Å². The van der Waals surface area contributed by atoms with Gasteiger partial charge in [0.2, 0.25) is 5.91 Å². The summed E-state index contributed by atoms with van der Waals surface area (Å²) >= 11 is 5.71. The molecule has 1 amide bonds. The van der Waals surface area contributed by atoms with Crippen molar-refractivity contribution in [1.82, 2.24) is 10.3 Å². The van der Waals surface area contributed by atoms with Crippen molar-refractivity contribution >= 4 is 29.0 Å². The monoisotopic (exact) mass is 242 g/mol. The van der Waals surface area contributed by atoms with Gasteiger partial charge in [0.05, 0.1) is 12.2 Å². The van der Waals surface area contributed by atoms with Gasteiger partial charge in [-0.1, -0.05) is 18.5 Å². The van der Waals surface area contributed by atoms with Crippen molar-refractivity contribution in [2.75, 3.05) is 24.1 Å². The van der Waals surface area contributed by atoms with Crippen molar-refractivity contribution in [1.29, 1.82) is 0 Å². The van der Waals surface area contributed by atoms with Crippen molar-refractivity contribution in [2.24, 2.45) is 0 Å². The lowest BCUT2D eigenvalue weighted by atomic mass is 10.4. The van der Waals surface area contributed by atoms with E-state index in [0.717, 1.165) is 6.42 Å². The average molecular weight is 243 g/mol.